The summed E-state index contributed by atoms with van der Waals surface area (Å²) in [6.07, 6.45) is 0.825. The average molecular weight is 349 g/mol. The fourth-order valence-electron chi connectivity index (χ4n) is 1.44. The van der Waals surface area contributed by atoms with Gasteiger partial charge in [-0.3, -0.25) is 0 Å². The van der Waals surface area contributed by atoms with Gasteiger partial charge in [-0.2, -0.15) is 0 Å². The first kappa shape index (κ1) is 16.0. The molecule has 1 rings (SSSR count). The number of thiophene rings is 1. The Hall–Kier alpha value is -1.08. The number of rotatable bonds is 5. The highest BCUT2D eigenvalue weighted by molar-refractivity contribution is 9.09. The van der Waals surface area contributed by atoms with E-state index in [4.69, 9.17) is 0 Å². The molecule has 0 aliphatic carbocycles. The van der Waals surface area contributed by atoms with Gasteiger partial charge in [0.15, 0.2) is 0 Å². The number of esters is 1. The highest BCUT2D eigenvalue weighted by Gasteiger charge is 2.18. The van der Waals surface area contributed by atoms with E-state index >= 15 is 0 Å². The summed E-state index contributed by atoms with van der Waals surface area (Å²) >= 11 is 4.62. The monoisotopic (exact) mass is 348 g/mol. The number of amides is 2. The van der Waals surface area contributed by atoms with Crippen LogP contribution in [0.3, 0.4) is 0 Å². The predicted octanol–water partition coefficient (Wildman–Crippen LogP) is 3.14. The highest BCUT2D eigenvalue weighted by atomic mass is 79.9. The van der Waals surface area contributed by atoms with E-state index in [2.05, 4.69) is 31.3 Å². The summed E-state index contributed by atoms with van der Waals surface area (Å²) in [5, 5.41) is 6.18. The molecule has 1 heterocycles. The van der Waals surface area contributed by atoms with Crippen molar-refractivity contribution in [3.8, 4) is 0 Å². The predicted molar refractivity (Wildman–Crippen MR) is 80.4 cm³/mol. The minimum atomic E-state index is -0.444. The molecule has 19 heavy (non-hydrogen) atoms. The lowest BCUT2D eigenvalue weighted by Gasteiger charge is -2.14. The van der Waals surface area contributed by atoms with Gasteiger partial charge in [-0.25, -0.2) is 9.59 Å². The number of methoxy groups -OCH3 is 1. The van der Waals surface area contributed by atoms with Gasteiger partial charge in [0.1, 0.15) is 4.88 Å². The fraction of sp³-hybridized carbons (Fsp3) is 0.500. The Kier molecular flexibility index (Phi) is 6.30. The quantitative estimate of drug-likeness (QED) is 0.634. The minimum absolute atomic E-state index is 0.0568. The molecule has 2 amide bonds. The van der Waals surface area contributed by atoms with E-state index in [-0.39, 0.29) is 12.1 Å². The zero-order chi connectivity index (χ0) is 14.4. The van der Waals surface area contributed by atoms with Gasteiger partial charge >= 0.3 is 12.0 Å². The fourth-order valence-corrected chi connectivity index (χ4v) is 2.95. The van der Waals surface area contributed by atoms with Crippen LogP contribution >= 0.6 is 27.3 Å². The Balaban J connectivity index is 2.76. The summed E-state index contributed by atoms with van der Waals surface area (Å²) in [5.41, 5.74) is 0.483. The first-order chi connectivity index (χ1) is 9.01. The van der Waals surface area contributed by atoms with Gasteiger partial charge in [-0.15, -0.1) is 11.3 Å². The van der Waals surface area contributed by atoms with Crippen LogP contribution in [0.4, 0.5) is 10.5 Å². The van der Waals surface area contributed by atoms with E-state index in [1.807, 2.05) is 13.8 Å². The van der Waals surface area contributed by atoms with Gasteiger partial charge in [0.2, 0.25) is 0 Å². The highest BCUT2D eigenvalue weighted by Crippen LogP contribution is 2.27. The van der Waals surface area contributed by atoms with Gasteiger partial charge in [-0.1, -0.05) is 22.9 Å². The van der Waals surface area contributed by atoms with E-state index in [0.717, 1.165) is 11.3 Å². The van der Waals surface area contributed by atoms with Crippen LogP contribution in [0.5, 0.6) is 0 Å². The third-order valence-corrected chi connectivity index (χ3v) is 4.30. The second-order valence-corrected chi connectivity index (χ2v) is 5.85. The molecule has 7 heteroatoms. The molecule has 0 aliphatic heterocycles. The van der Waals surface area contributed by atoms with Crippen LogP contribution in [0.25, 0.3) is 0 Å². The smallest absolute Gasteiger partial charge is 0.350 e. The van der Waals surface area contributed by atoms with Crippen molar-refractivity contribution >= 4 is 45.0 Å². The van der Waals surface area contributed by atoms with Crippen molar-refractivity contribution in [1.29, 1.82) is 0 Å². The third kappa shape index (κ3) is 4.50. The molecule has 106 valence electrons. The Morgan fingerprint density at radius 1 is 1.53 bits per heavy atom. The molecule has 1 atom stereocenters. The van der Waals surface area contributed by atoms with E-state index in [1.54, 1.807) is 6.07 Å². The molecule has 0 aromatic carbocycles. The molecule has 0 aliphatic rings. The molecule has 0 bridgehead atoms. The first-order valence-electron chi connectivity index (χ1n) is 5.84. The molecule has 0 fully saturated rings. The maximum atomic E-state index is 11.8. The summed E-state index contributed by atoms with van der Waals surface area (Å²) in [7, 11) is 1.32. The molecular weight excluding hydrogens is 332 g/mol. The molecule has 0 spiro atoms. The van der Waals surface area contributed by atoms with Gasteiger partial charge < -0.3 is 15.4 Å². The number of hydrogen-bond acceptors (Lipinski definition) is 4. The summed E-state index contributed by atoms with van der Waals surface area (Å²) < 4.78 is 4.69. The molecule has 1 unspecified atom stereocenters. The van der Waals surface area contributed by atoms with Crippen molar-refractivity contribution < 1.29 is 14.3 Å². The van der Waals surface area contributed by atoms with Crippen molar-refractivity contribution in [2.75, 3.05) is 17.8 Å². The Labute approximate surface area is 124 Å². The maximum absolute atomic E-state index is 11.8. The van der Waals surface area contributed by atoms with Gasteiger partial charge in [0.05, 0.1) is 12.8 Å². The lowest BCUT2D eigenvalue weighted by atomic mass is 10.3. The minimum Gasteiger partial charge on any atom is -0.465 e. The van der Waals surface area contributed by atoms with Crippen LogP contribution in [0.15, 0.2) is 6.07 Å². The number of carbonyl (C=O) groups is 2. The second kappa shape index (κ2) is 7.49. The van der Waals surface area contributed by atoms with Crippen LogP contribution in [0.2, 0.25) is 0 Å². The number of ether oxygens (including phenoxy) is 1. The molecule has 2 N–H and O–H groups in total. The SMILES string of the molecule is CCC(CBr)NC(=O)Nc1cc(C)sc1C(=O)OC. The first-order valence-corrected chi connectivity index (χ1v) is 7.77. The Morgan fingerprint density at radius 2 is 2.21 bits per heavy atom. The summed E-state index contributed by atoms with van der Waals surface area (Å²) in [6, 6.07) is 1.49. The van der Waals surface area contributed by atoms with Crippen LogP contribution in [-0.2, 0) is 4.74 Å². The van der Waals surface area contributed by atoms with Crippen molar-refractivity contribution in [1.82, 2.24) is 5.32 Å². The van der Waals surface area contributed by atoms with Gasteiger partial charge in [0.25, 0.3) is 0 Å². The number of nitrogens with one attached hydrogen (secondary N) is 2. The number of anilines is 1. The van der Waals surface area contributed by atoms with Gasteiger partial charge in [0, 0.05) is 16.2 Å². The zero-order valence-electron chi connectivity index (χ0n) is 11.1. The summed E-state index contributed by atoms with van der Waals surface area (Å²) in [4.78, 5) is 24.7. The number of halogens is 1. The van der Waals surface area contributed by atoms with Crippen LogP contribution in [0, 0.1) is 6.92 Å². The molecular formula is C12H17BrN2O3S. The van der Waals surface area contributed by atoms with E-state index < -0.39 is 5.97 Å². The third-order valence-electron chi connectivity index (χ3n) is 2.49. The maximum Gasteiger partial charge on any atom is 0.350 e. The van der Waals surface area contributed by atoms with E-state index in [0.29, 0.717) is 15.9 Å². The topological polar surface area (TPSA) is 67.4 Å². The summed E-state index contributed by atoms with van der Waals surface area (Å²) in [6.45, 7) is 3.86. The normalized spacial score (nSPS) is 11.8. The number of carbonyl (C=O) groups excluding carboxylic acids is 2. The number of alkyl halides is 1. The zero-order valence-corrected chi connectivity index (χ0v) is 13.5. The van der Waals surface area contributed by atoms with Crippen molar-refractivity contribution in [3.05, 3.63) is 15.8 Å². The van der Waals surface area contributed by atoms with Gasteiger partial charge in [-0.05, 0) is 19.4 Å². The number of urea groups is 1. The van der Waals surface area contributed by atoms with Crippen molar-refractivity contribution in [3.63, 3.8) is 0 Å². The molecule has 0 radical (unpaired) electrons. The molecule has 1 aromatic rings. The van der Waals surface area contributed by atoms with Crippen LogP contribution in [-0.4, -0.2) is 30.5 Å². The molecule has 0 saturated carbocycles. The van der Waals surface area contributed by atoms with Crippen molar-refractivity contribution in [2.45, 2.75) is 26.3 Å². The van der Waals surface area contributed by atoms with Crippen LogP contribution in [0.1, 0.15) is 27.9 Å². The van der Waals surface area contributed by atoms with E-state index in [1.165, 1.54) is 18.4 Å². The lowest BCUT2D eigenvalue weighted by Crippen LogP contribution is -2.38. The molecule has 1 aromatic heterocycles. The number of aryl methyl sites for hydroxylation is 1. The van der Waals surface area contributed by atoms with Crippen molar-refractivity contribution in [2.24, 2.45) is 0 Å². The Bertz CT molecular complexity index is 458. The lowest BCUT2D eigenvalue weighted by molar-refractivity contribution is 0.0607. The Morgan fingerprint density at radius 3 is 2.74 bits per heavy atom. The molecule has 0 saturated heterocycles. The summed E-state index contributed by atoms with van der Waals surface area (Å²) in [5.74, 6) is -0.444. The standard InChI is InChI=1S/C12H17BrN2O3S/c1-4-8(6-13)14-12(17)15-9-5-7(2)19-10(9)11(16)18-3/h5,8H,4,6H2,1-3H3,(H2,14,15,17). The van der Waals surface area contributed by atoms with E-state index in [9.17, 15) is 9.59 Å². The second-order valence-electron chi connectivity index (χ2n) is 3.95. The number of hydrogen-bond donors (Lipinski definition) is 2. The van der Waals surface area contributed by atoms with Crippen LogP contribution < -0.4 is 10.6 Å². The molecule has 5 nitrogen and oxygen atoms in total. The largest absolute Gasteiger partial charge is 0.465 e. The average Bonchev–Trinajstić information content (AvgIpc) is 2.75.